The van der Waals surface area contributed by atoms with E-state index >= 15 is 0 Å². The summed E-state index contributed by atoms with van der Waals surface area (Å²) in [4.78, 5) is 13.8. The number of fused-ring (bicyclic) bond motifs is 1. The van der Waals surface area contributed by atoms with E-state index in [9.17, 15) is 13.2 Å². The first-order valence-electron chi connectivity index (χ1n) is 7.22. The summed E-state index contributed by atoms with van der Waals surface area (Å²) in [5.41, 5.74) is 0.721. The monoisotopic (exact) mass is 338 g/mol. The molecule has 1 N–H and O–H groups in total. The standard InChI is InChI=1S/C13H18N6O3S/c1-23(21,22)18-8-6-17(7-9-18)13(20)14-10-12-16-15-11-4-2-3-5-19(11)12/h2-5H,6-10H2,1H3,(H,14,20). The number of amides is 2. The third-order valence-electron chi connectivity index (χ3n) is 3.78. The molecular formula is C13H18N6O3S. The van der Waals surface area contributed by atoms with Crippen molar-refractivity contribution in [3.8, 4) is 0 Å². The number of nitrogens with one attached hydrogen (secondary N) is 1. The second-order valence-corrected chi connectivity index (χ2v) is 7.34. The Kier molecular flexibility index (Phi) is 4.18. The second kappa shape index (κ2) is 6.13. The maximum absolute atomic E-state index is 12.2. The molecule has 2 aromatic rings. The first kappa shape index (κ1) is 15.7. The molecule has 3 rings (SSSR count). The number of nitrogens with zero attached hydrogens (tertiary/aromatic N) is 5. The Morgan fingerprint density at radius 2 is 1.96 bits per heavy atom. The van der Waals surface area contributed by atoms with Crippen molar-refractivity contribution in [3.63, 3.8) is 0 Å². The zero-order valence-electron chi connectivity index (χ0n) is 12.7. The van der Waals surface area contributed by atoms with E-state index in [1.807, 2.05) is 28.8 Å². The van der Waals surface area contributed by atoms with Crippen molar-refractivity contribution in [1.82, 2.24) is 29.1 Å². The highest BCUT2D eigenvalue weighted by Crippen LogP contribution is 2.07. The summed E-state index contributed by atoms with van der Waals surface area (Å²) in [5.74, 6) is 0.642. The van der Waals surface area contributed by atoms with E-state index in [1.54, 1.807) is 4.90 Å². The molecule has 1 aliphatic rings. The molecule has 0 unspecified atom stereocenters. The van der Waals surface area contributed by atoms with Gasteiger partial charge in [0.25, 0.3) is 0 Å². The molecule has 0 aliphatic carbocycles. The van der Waals surface area contributed by atoms with Crippen molar-refractivity contribution < 1.29 is 13.2 Å². The molecule has 2 amide bonds. The molecule has 0 radical (unpaired) electrons. The number of piperazine rings is 1. The predicted octanol–water partition coefficient (Wildman–Crippen LogP) is -0.484. The fourth-order valence-corrected chi connectivity index (χ4v) is 3.33. The van der Waals surface area contributed by atoms with Crippen molar-refractivity contribution in [2.75, 3.05) is 32.4 Å². The Morgan fingerprint density at radius 3 is 2.65 bits per heavy atom. The van der Waals surface area contributed by atoms with Crippen LogP contribution in [0.3, 0.4) is 0 Å². The highest BCUT2D eigenvalue weighted by molar-refractivity contribution is 7.88. The number of hydrogen-bond donors (Lipinski definition) is 1. The summed E-state index contributed by atoms with van der Waals surface area (Å²) >= 11 is 0. The fraction of sp³-hybridized carbons (Fsp3) is 0.462. The van der Waals surface area contributed by atoms with Crippen LogP contribution < -0.4 is 5.32 Å². The number of carbonyl (C=O) groups excluding carboxylic acids is 1. The summed E-state index contributed by atoms with van der Waals surface area (Å²) in [6.07, 6.45) is 3.01. The van der Waals surface area contributed by atoms with Gasteiger partial charge in [-0.1, -0.05) is 6.07 Å². The lowest BCUT2D eigenvalue weighted by Gasteiger charge is -2.33. The van der Waals surface area contributed by atoms with Crippen molar-refractivity contribution in [2.45, 2.75) is 6.54 Å². The van der Waals surface area contributed by atoms with Crippen LogP contribution in [0.5, 0.6) is 0 Å². The molecular weight excluding hydrogens is 320 g/mol. The maximum Gasteiger partial charge on any atom is 0.317 e. The van der Waals surface area contributed by atoms with Gasteiger partial charge in [-0.15, -0.1) is 10.2 Å². The van der Waals surface area contributed by atoms with Crippen molar-refractivity contribution in [2.24, 2.45) is 0 Å². The van der Waals surface area contributed by atoms with Crippen molar-refractivity contribution in [1.29, 1.82) is 0 Å². The zero-order chi connectivity index (χ0) is 16.4. The zero-order valence-corrected chi connectivity index (χ0v) is 13.5. The van der Waals surface area contributed by atoms with Gasteiger partial charge in [-0.05, 0) is 12.1 Å². The van der Waals surface area contributed by atoms with E-state index in [-0.39, 0.29) is 12.6 Å². The molecule has 1 aliphatic heterocycles. The lowest BCUT2D eigenvalue weighted by atomic mass is 10.4. The third kappa shape index (κ3) is 3.42. The number of urea groups is 1. The average molecular weight is 338 g/mol. The number of rotatable bonds is 3. The molecule has 23 heavy (non-hydrogen) atoms. The molecule has 0 saturated carbocycles. The molecule has 124 valence electrons. The average Bonchev–Trinajstić information content (AvgIpc) is 2.95. The number of hydrogen-bond acceptors (Lipinski definition) is 5. The van der Waals surface area contributed by atoms with Gasteiger partial charge in [-0.25, -0.2) is 13.2 Å². The van der Waals surface area contributed by atoms with Crippen molar-refractivity contribution in [3.05, 3.63) is 30.2 Å². The van der Waals surface area contributed by atoms with Gasteiger partial charge in [0.15, 0.2) is 11.5 Å². The first-order chi connectivity index (χ1) is 10.9. The molecule has 0 aromatic carbocycles. The highest BCUT2D eigenvalue weighted by Gasteiger charge is 2.25. The highest BCUT2D eigenvalue weighted by atomic mass is 32.2. The van der Waals surface area contributed by atoms with E-state index in [0.717, 1.165) is 5.65 Å². The summed E-state index contributed by atoms with van der Waals surface area (Å²) in [7, 11) is -3.19. The Hall–Kier alpha value is -2.20. The number of pyridine rings is 1. The van der Waals surface area contributed by atoms with Gasteiger partial charge in [0, 0.05) is 32.4 Å². The van der Waals surface area contributed by atoms with Crippen LogP contribution in [0.2, 0.25) is 0 Å². The van der Waals surface area contributed by atoms with Gasteiger partial charge in [-0.2, -0.15) is 4.31 Å². The van der Waals surface area contributed by atoms with E-state index in [0.29, 0.717) is 32.0 Å². The molecule has 1 saturated heterocycles. The number of carbonyl (C=O) groups is 1. The van der Waals surface area contributed by atoms with Crippen LogP contribution in [-0.2, 0) is 16.6 Å². The smallest absolute Gasteiger partial charge is 0.317 e. The van der Waals surface area contributed by atoms with E-state index in [1.165, 1.54) is 10.6 Å². The lowest BCUT2D eigenvalue weighted by molar-refractivity contribution is 0.172. The summed E-state index contributed by atoms with van der Waals surface area (Å²) in [6.45, 7) is 1.65. The maximum atomic E-state index is 12.2. The summed E-state index contributed by atoms with van der Waals surface area (Å²) < 4.78 is 26.1. The van der Waals surface area contributed by atoms with Gasteiger partial charge in [-0.3, -0.25) is 4.40 Å². The fourth-order valence-electron chi connectivity index (χ4n) is 2.50. The van der Waals surface area contributed by atoms with Gasteiger partial charge >= 0.3 is 6.03 Å². The van der Waals surface area contributed by atoms with E-state index in [4.69, 9.17) is 0 Å². The third-order valence-corrected chi connectivity index (χ3v) is 5.08. The van der Waals surface area contributed by atoms with Crippen LogP contribution in [0.1, 0.15) is 5.82 Å². The van der Waals surface area contributed by atoms with Gasteiger partial charge in [0.2, 0.25) is 10.0 Å². The molecule has 0 bridgehead atoms. The van der Waals surface area contributed by atoms with Crippen LogP contribution in [0.4, 0.5) is 4.79 Å². The Morgan fingerprint density at radius 1 is 1.22 bits per heavy atom. The van der Waals surface area contributed by atoms with E-state index < -0.39 is 10.0 Å². The van der Waals surface area contributed by atoms with Gasteiger partial charge < -0.3 is 10.2 Å². The second-order valence-electron chi connectivity index (χ2n) is 5.35. The molecule has 2 aromatic heterocycles. The summed E-state index contributed by atoms with van der Waals surface area (Å²) in [5, 5.41) is 10.9. The quantitative estimate of drug-likeness (QED) is 0.814. The molecule has 0 spiro atoms. The van der Waals surface area contributed by atoms with Crippen LogP contribution in [-0.4, -0.2) is 70.7 Å². The minimum atomic E-state index is -3.19. The minimum absolute atomic E-state index is 0.231. The van der Waals surface area contributed by atoms with E-state index in [2.05, 4.69) is 15.5 Å². The molecule has 0 atom stereocenters. The van der Waals surface area contributed by atoms with Gasteiger partial charge in [0.05, 0.1) is 12.8 Å². The molecule has 1 fully saturated rings. The number of aromatic nitrogens is 3. The minimum Gasteiger partial charge on any atom is -0.331 e. The van der Waals surface area contributed by atoms with Crippen LogP contribution in [0, 0.1) is 0 Å². The SMILES string of the molecule is CS(=O)(=O)N1CCN(C(=O)NCc2nnc3ccccn23)CC1. The van der Waals surface area contributed by atoms with Crippen LogP contribution >= 0.6 is 0 Å². The normalized spacial score (nSPS) is 16.7. The first-order valence-corrected chi connectivity index (χ1v) is 9.06. The largest absolute Gasteiger partial charge is 0.331 e. The topological polar surface area (TPSA) is 99.9 Å². The van der Waals surface area contributed by atoms with Crippen molar-refractivity contribution >= 4 is 21.7 Å². The molecule has 3 heterocycles. The molecule has 10 heteroatoms. The van der Waals surface area contributed by atoms with Crippen LogP contribution in [0.25, 0.3) is 5.65 Å². The predicted molar refractivity (Wildman–Crippen MR) is 83.2 cm³/mol. The van der Waals surface area contributed by atoms with Gasteiger partial charge in [0.1, 0.15) is 0 Å². The summed E-state index contributed by atoms with van der Waals surface area (Å²) in [6, 6.07) is 5.34. The van der Waals surface area contributed by atoms with Crippen LogP contribution in [0.15, 0.2) is 24.4 Å². The Balaban J connectivity index is 1.56. The lowest BCUT2D eigenvalue weighted by Crippen LogP contribution is -2.52. The molecule has 9 nitrogen and oxygen atoms in total. The Bertz CT molecular complexity index is 810. The number of sulfonamides is 1. The Labute approximate surface area is 133 Å².